The molecule has 3 atom stereocenters. The van der Waals surface area contributed by atoms with Crippen LogP contribution in [0.3, 0.4) is 0 Å². The van der Waals surface area contributed by atoms with Crippen molar-refractivity contribution < 1.29 is 24.0 Å². The lowest BCUT2D eigenvalue weighted by molar-refractivity contribution is -0.182. The minimum absolute atomic E-state index is 0.317. The normalized spacial score (nSPS) is 16.7. The third kappa shape index (κ3) is 24.1. The number of nitrogens with one attached hydrogen (secondary N) is 2. The maximum absolute atomic E-state index is 12.6. The molecule has 230 valence electrons. The number of aliphatic hydroxyl groups excluding tert-OH is 1. The monoisotopic (exact) mass is 598 g/mol. The molecule has 0 aliphatic rings. The molecule has 0 spiro atoms. The third-order valence-electron chi connectivity index (χ3n) is 6.05. The van der Waals surface area contributed by atoms with Crippen LogP contribution in [0, 0.1) is 0 Å². The molecule has 0 saturated heterocycles. The van der Waals surface area contributed by atoms with Crippen molar-refractivity contribution in [3.05, 3.63) is 73.2 Å². The van der Waals surface area contributed by atoms with E-state index in [0.29, 0.717) is 6.54 Å². The minimum atomic E-state index is -4.13. The summed E-state index contributed by atoms with van der Waals surface area (Å²) in [7, 11) is -8.19. The largest absolute Gasteiger partial charge is 0.798 e. The highest BCUT2D eigenvalue weighted by atomic mass is 31.2. The molecule has 0 aromatic rings. The van der Waals surface area contributed by atoms with Gasteiger partial charge in [0.25, 0.3) is 0 Å². The third-order valence-corrected chi connectivity index (χ3v) is 10.1. The van der Waals surface area contributed by atoms with Crippen molar-refractivity contribution in [1.29, 1.82) is 0 Å². The van der Waals surface area contributed by atoms with E-state index in [4.69, 9.17) is 11.5 Å². The molecule has 0 aromatic carbocycles. The van der Waals surface area contributed by atoms with Gasteiger partial charge in [0.2, 0.25) is 0 Å². The van der Waals surface area contributed by atoms with Crippen molar-refractivity contribution in [2.45, 2.75) is 69.9 Å². The van der Waals surface area contributed by atoms with Crippen LogP contribution in [0.1, 0.15) is 64.2 Å². The Balaban J connectivity index is 4.16. The van der Waals surface area contributed by atoms with Crippen molar-refractivity contribution in [3.63, 3.8) is 0 Å². The molecular formula is C29H52N4O5P2-2. The number of allylic oxidation sites excluding steroid dienone is 10. The Morgan fingerprint density at radius 3 is 1.68 bits per heavy atom. The molecule has 0 fully saturated rings. The summed E-state index contributed by atoms with van der Waals surface area (Å²) in [4.78, 5) is 25.0. The molecule has 0 aliphatic heterocycles. The fourth-order valence-corrected chi connectivity index (χ4v) is 7.75. The van der Waals surface area contributed by atoms with Gasteiger partial charge in [-0.05, 0) is 50.5 Å². The molecule has 0 radical (unpaired) electrons. The van der Waals surface area contributed by atoms with Gasteiger partial charge in [-0.3, -0.25) is 0 Å². The topological polar surface area (TPSA) is 177 Å². The first kappa shape index (κ1) is 38.3. The zero-order valence-corrected chi connectivity index (χ0v) is 25.7. The van der Waals surface area contributed by atoms with Crippen LogP contribution in [0.25, 0.3) is 0 Å². The minimum Gasteiger partial charge on any atom is -0.798 e. The summed E-state index contributed by atoms with van der Waals surface area (Å²) in [5, 5.41) is 15.2. The van der Waals surface area contributed by atoms with E-state index in [2.05, 4.69) is 10.6 Å². The molecule has 3 unspecified atom stereocenters. The highest BCUT2D eigenvalue weighted by molar-refractivity contribution is 7.61. The molecule has 40 heavy (non-hydrogen) atoms. The van der Waals surface area contributed by atoms with Crippen molar-refractivity contribution in [1.82, 2.24) is 10.6 Å². The van der Waals surface area contributed by atoms with E-state index >= 15 is 0 Å². The van der Waals surface area contributed by atoms with Crippen LogP contribution >= 0.6 is 14.7 Å². The Hall–Kier alpha value is -1.70. The molecule has 7 N–H and O–H groups in total. The Kier molecular flexibility index (Phi) is 25.1. The number of nitrogens with two attached hydrogens (primary N) is 2. The molecule has 0 heterocycles. The standard InChI is InChI=1S/C29H54N4O5P2/c30-21-17-13-9-5-1-3-7-11-15-19-23-32-27-39(35,36)26-29(25-34)40(37,38)28-33-24-20-16-12-8-4-2-6-10-14-18-22-31/h1,3,5,7,9,11,13,15,17,19,21,23,29,32-34H,2,4,6,8,10,12,14,16,18,20,22,24-28,30-31H2,(H,35,36)(H,37,38)/p-2/b5-1+,7-3+,13-9+,15-11+,21-17-,23-19+. The number of rotatable bonds is 26. The van der Waals surface area contributed by atoms with E-state index in [0.717, 1.165) is 32.2 Å². The summed E-state index contributed by atoms with van der Waals surface area (Å²) < 4.78 is 25.0. The number of aliphatic hydroxyl groups is 1. The molecule has 0 saturated carbocycles. The van der Waals surface area contributed by atoms with E-state index in [1.54, 1.807) is 30.4 Å². The summed E-state index contributed by atoms with van der Waals surface area (Å²) in [5.74, 6) is 0. The summed E-state index contributed by atoms with van der Waals surface area (Å²) in [6.45, 7) is 0.600. The average molecular weight is 599 g/mol. The highest BCUT2D eigenvalue weighted by Crippen LogP contribution is 2.47. The van der Waals surface area contributed by atoms with Gasteiger partial charge in [0.05, 0.1) is 12.9 Å². The fourth-order valence-electron chi connectivity index (χ4n) is 3.76. The van der Waals surface area contributed by atoms with Crippen LogP contribution < -0.4 is 31.9 Å². The lowest BCUT2D eigenvalue weighted by Crippen LogP contribution is -2.34. The molecule has 11 heteroatoms. The van der Waals surface area contributed by atoms with Crippen LogP contribution in [-0.4, -0.2) is 49.2 Å². The highest BCUT2D eigenvalue weighted by Gasteiger charge is 2.25. The summed E-state index contributed by atoms with van der Waals surface area (Å²) in [6, 6.07) is 0. The second kappa shape index (κ2) is 26.2. The predicted octanol–water partition coefficient (Wildman–Crippen LogP) is 3.79. The van der Waals surface area contributed by atoms with Crippen molar-refractivity contribution in [2.75, 3.05) is 38.4 Å². The van der Waals surface area contributed by atoms with E-state index in [9.17, 15) is 24.0 Å². The van der Waals surface area contributed by atoms with Gasteiger partial charge in [-0.15, -0.1) is 0 Å². The van der Waals surface area contributed by atoms with E-state index in [1.807, 2.05) is 30.4 Å². The van der Waals surface area contributed by atoms with Gasteiger partial charge < -0.3 is 46.1 Å². The summed E-state index contributed by atoms with van der Waals surface area (Å²) in [5.41, 5.74) is 9.39. The van der Waals surface area contributed by atoms with Crippen LogP contribution in [-0.2, 0) is 9.13 Å². The van der Waals surface area contributed by atoms with Gasteiger partial charge in [-0.1, -0.05) is 100.0 Å². The Labute approximate surface area is 242 Å². The van der Waals surface area contributed by atoms with Gasteiger partial charge in [-0.2, -0.15) is 0 Å². The first-order valence-electron chi connectivity index (χ1n) is 14.3. The molecule has 9 nitrogen and oxygen atoms in total. The number of unbranched alkanes of at least 4 members (excludes halogenated alkanes) is 9. The molecule has 0 amide bonds. The smallest absolute Gasteiger partial charge is 0.0552 e. The van der Waals surface area contributed by atoms with E-state index in [1.165, 1.54) is 50.9 Å². The average Bonchev–Trinajstić information content (AvgIpc) is 2.92. The zero-order valence-electron chi connectivity index (χ0n) is 23.9. The lowest BCUT2D eigenvalue weighted by atomic mass is 10.1. The molecular weight excluding hydrogens is 546 g/mol. The van der Waals surface area contributed by atoms with Gasteiger partial charge >= 0.3 is 0 Å². The summed E-state index contributed by atoms with van der Waals surface area (Å²) in [6.07, 6.45) is 30.9. The molecule has 0 aromatic heterocycles. The Bertz CT molecular complexity index is 888. The Morgan fingerprint density at radius 1 is 0.700 bits per heavy atom. The van der Waals surface area contributed by atoms with Crippen LogP contribution in [0.15, 0.2) is 73.2 Å². The maximum Gasteiger partial charge on any atom is 0.0552 e. The van der Waals surface area contributed by atoms with Crippen molar-refractivity contribution in [3.8, 4) is 0 Å². The zero-order chi connectivity index (χ0) is 29.8. The quantitative estimate of drug-likeness (QED) is 0.0563. The predicted molar refractivity (Wildman–Crippen MR) is 166 cm³/mol. The first-order chi connectivity index (χ1) is 19.3. The van der Waals surface area contributed by atoms with E-state index < -0.39 is 39.5 Å². The molecule has 0 rings (SSSR count). The van der Waals surface area contributed by atoms with Gasteiger partial charge in [0.1, 0.15) is 0 Å². The molecule has 0 bridgehead atoms. The second-order valence-electron chi connectivity index (χ2n) is 9.69. The van der Waals surface area contributed by atoms with Crippen LogP contribution in [0.4, 0.5) is 0 Å². The second-order valence-corrected chi connectivity index (χ2v) is 14.5. The van der Waals surface area contributed by atoms with Gasteiger partial charge in [0.15, 0.2) is 0 Å². The van der Waals surface area contributed by atoms with E-state index in [-0.39, 0.29) is 6.29 Å². The maximum atomic E-state index is 12.6. The Morgan fingerprint density at radius 2 is 1.18 bits per heavy atom. The van der Waals surface area contributed by atoms with Crippen LogP contribution in [0.5, 0.6) is 0 Å². The molecule has 0 aliphatic carbocycles. The fraction of sp³-hybridized carbons (Fsp3) is 0.586. The lowest BCUT2D eigenvalue weighted by Gasteiger charge is -2.36. The first-order valence-corrected chi connectivity index (χ1v) is 18.2. The van der Waals surface area contributed by atoms with Crippen molar-refractivity contribution in [2.24, 2.45) is 11.5 Å². The summed E-state index contributed by atoms with van der Waals surface area (Å²) >= 11 is 0. The SMILES string of the molecule is N\C=C/C=C/C=C/C=C/C=C/C=C/NCP(=O)([O-])CC(CO)P(=O)([O-])CNCCCCCCCCCCCCN. The van der Waals surface area contributed by atoms with Crippen LogP contribution in [0.2, 0.25) is 0 Å². The number of hydrogen-bond donors (Lipinski definition) is 5. The van der Waals surface area contributed by atoms with Gasteiger partial charge in [0, 0.05) is 32.8 Å². The van der Waals surface area contributed by atoms with Crippen molar-refractivity contribution >= 4 is 14.7 Å². The van der Waals surface area contributed by atoms with Gasteiger partial charge in [-0.25, -0.2) is 0 Å². The number of hydrogen-bond acceptors (Lipinski definition) is 9.